The molecule has 0 aromatic carbocycles. The third-order valence-electron chi connectivity index (χ3n) is 5.91. The molecule has 2 aliphatic rings. The first-order chi connectivity index (χ1) is 13.4. The Morgan fingerprint density at radius 2 is 1.66 bits per heavy atom. The second-order valence-electron chi connectivity index (χ2n) is 9.50. The zero-order chi connectivity index (χ0) is 22.3. The number of amides is 1. The van der Waals surface area contributed by atoms with Crippen LogP contribution in [0.2, 0.25) is 0 Å². The Labute approximate surface area is 175 Å². The van der Waals surface area contributed by atoms with E-state index in [-0.39, 0.29) is 17.3 Å². The van der Waals surface area contributed by atoms with Crippen molar-refractivity contribution in [3.8, 4) is 0 Å². The van der Waals surface area contributed by atoms with Crippen LogP contribution in [0.4, 0.5) is 4.79 Å². The Balaban J connectivity index is 0.000000326. The van der Waals surface area contributed by atoms with Gasteiger partial charge < -0.3 is 20.1 Å². The van der Waals surface area contributed by atoms with Crippen molar-refractivity contribution in [3.05, 3.63) is 0 Å². The highest BCUT2D eigenvalue weighted by molar-refractivity contribution is 5.84. The van der Waals surface area contributed by atoms with Crippen molar-refractivity contribution in [2.45, 2.75) is 85.7 Å². The first kappa shape index (κ1) is 25.4. The lowest BCUT2D eigenvalue weighted by Gasteiger charge is -2.27. The summed E-state index contributed by atoms with van der Waals surface area (Å²) in [5.41, 5.74) is -1.27. The van der Waals surface area contributed by atoms with Crippen molar-refractivity contribution in [1.29, 1.82) is 0 Å². The van der Waals surface area contributed by atoms with Crippen molar-refractivity contribution < 1.29 is 24.2 Å². The van der Waals surface area contributed by atoms with E-state index in [4.69, 9.17) is 9.84 Å². The van der Waals surface area contributed by atoms with Gasteiger partial charge in [-0.3, -0.25) is 9.59 Å². The van der Waals surface area contributed by atoms with Crippen LogP contribution < -0.4 is 5.32 Å². The number of ketones is 1. The van der Waals surface area contributed by atoms with Gasteiger partial charge in [0.25, 0.3) is 0 Å². The summed E-state index contributed by atoms with van der Waals surface area (Å²) in [7, 11) is 0. The Bertz CT molecular complexity index is 578. The molecule has 0 aliphatic carbocycles. The van der Waals surface area contributed by atoms with Crippen LogP contribution in [0.15, 0.2) is 0 Å². The molecule has 2 fully saturated rings. The molecular formula is C22H40N2O5. The Morgan fingerprint density at radius 3 is 2.07 bits per heavy atom. The van der Waals surface area contributed by atoms with Crippen LogP contribution in [-0.2, 0) is 14.3 Å². The SMILES string of the molecule is CCCC1(C(=O)O)CCNC1.CCCC1(C(C)=O)CCN(C(=O)OC(C)(C)C)C1. The number of aliphatic carboxylic acids is 1. The maximum Gasteiger partial charge on any atom is 0.410 e. The summed E-state index contributed by atoms with van der Waals surface area (Å²) in [5, 5.41) is 12.1. The van der Waals surface area contributed by atoms with E-state index in [0.717, 1.165) is 45.1 Å². The van der Waals surface area contributed by atoms with E-state index in [1.165, 1.54) is 0 Å². The number of Topliss-reactive ketones (excluding diaryl/α,β-unsaturated/α-hetero) is 1. The lowest BCUT2D eigenvalue weighted by Crippen LogP contribution is -2.38. The molecule has 2 saturated heterocycles. The Kier molecular flexibility index (Phi) is 9.12. The predicted molar refractivity (Wildman–Crippen MR) is 113 cm³/mol. The van der Waals surface area contributed by atoms with Crippen molar-refractivity contribution in [2.24, 2.45) is 10.8 Å². The van der Waals surface area contributed by atoms with Crippen molar-refractivity contribution in [2.75, 3.05) is 26.2 Å². The minimum atomic E-state index is -0.635. The Hall–Kier alpha value is -1.63. The standard InChI is InChI=1S/C14H25NO3.C8H15NO2/c1-6-7-14(11(2)16)8-9-15(10-14)12(17)18-13(3,4)5;1-2-3-8(7(10)11)4-5-9-6-8/h6-10H2,1-5H3;9H,2-6H2,1H3,(H,10,11). The maximum atomic E-state index is 12.0. The van der Waals surface area contributed by atoms with Gasteiger partial charge in [-0.1, -0.05) is 26.7 Å². The number of rotatable bonds is 6. The maximum absolute atomic E-state index is 12.0. The lowest BCUT2D eigenvalue weighted by molar-refractivity contribution is -0.148. The van der Waals surface area contributed by atoms with Gasteiger partial charge in [-0.15, -0.1) is 0 Å². The number of carboxylic acid groups (broad SMARTS) is 1. The average molecular weight is 413 g/mol. The van der Waals surface area contributed by atoms with Crippen LogP contribution in [0.1, 0.15) is 80.1 Å². The molecule has 2 unspecified atom stereocenters. The number of likely N-dealkylation sites (tertiary alicyclic amines) is 1. The normalized spacial score (nSPS) is 26.6. The molecule has 0 bridgehead atoms. The first-order valence-electron chi connectivity index (χ1n) is 10.8. The van der Waals surface area contributed by atoms with E-state index >= 15 is 0 Å². The predicted octanol–water partition coefficient (Wildman–Crippen LogP) is 3.85. The highest BCUT2D eigenvalue weighted by atomic mass is 16.6. The van der Waals surface area contributed by atoms with Crippen molar-refractivity contribution in [3.63, 3.8) is 0 Å². The molecule has 0 saturated carbocycles. The summed E-state index contributed by atoms with van der Waals surface area (Å²) < 4.78 is 5.35. The molecule has 1 amide bonds. The van der Waals surface area contributed by atoms with E-state index in [1.807, 2.05) is 27.7 Å². The van der Waals surface area contributed by atoms with E-state index < -0.39 is 17.0 Å². The van der Waals surface area contributed by atoms with Crippen LogP contribution >= 0.6 is 0 Å². The van der Waals surface area contributed by atoms with Gasteiger partial charge in [0.1, 0.15) is 11.4 Å². The molecule has 2 heterocycles. The zero-order valence-corrected chi connectivity index (χ0v) is 19.1. The number of carbonyl (C=O) groups is 3. The number of ether oxygens (including phenoxy) is 1. The summed E-state index contributed by atoms with van der Waals surface area (Å²) in [6.07, 6.45) is 4.81. The summed E-state index contributed by atoms with van der Waals surface area (Å²) in [4.78, 5) is 36.3. The molecule has 2 N–H and O–H groups in total. The number of hydrogen-bond acceptors (Lipinski definition) is 5. The molecule has 0 spiro atoms. The fourth-order valence-electron chi connectivity index (χ4n) is 4.23. The number of carbonyl (C=O) groups excluding carboxylic acids is 2. The molecule has 7 heteroatoms. The van der Waals surface area contributed by atoms with E-state index in [2.05, 4.69) is 12.2 Å². The molecule has 29 heavy (non-hydrogen) atoms. The number of nitrogens with one attached hydrogen (secondary N) is 1. The highest BCUT2D eigenvalue weighted by Crippen LogP contribution is 2.36. The second-order valence-corrected chi connectivity index (χ2v) is 9.50. The van der Waals surface area contributed by atoms with Crippen LogP contribution in [-0.4, -0.2) is 59.6 Å². The van der Waals surface area contributed by atoms with Gasteiger partial charge in [0.05, 0.1) is 5.41 Å². The van der Waals surface area contributed by atoms with Gasteiger partial charge in [-0.25, -0.2) is 4.79 Å². The highest BCUT2D eigenvalue weighted by Gasteiger charge is 2.44. The average Bonchev–Trinajstić information content (AvgIpc) is 3.23. The first-order valence-corrected chi connectivity index (χ1v) is 10.8. The van der Waals surface area contributed by atoms with Gasteiger partial charge >= 0.3 is 12.1 Å². The van der Waals surface area contributed by atoms with E-state index in [1.54, 1.807) is 11.8 Å². The quantitative estimate of drug-likeness (QED) is 0.688. The van der Waals surface area contributed by atoms with Crippen molar-refractivity contribution >= 4 is 17.8 Å². The van der Waals surface area contributed by atoms with Crippen LogP contribution in [0.3, 0.4) is 0 Å². The number of carboxylic acids is 1. The van der Waals surface area contributed by atoms with Gasteiger partial charge in [-0.2, -0.15) is 0 Å². The molecule has 0 aromatic heterocycles. The molecule has 168 valence electrons. The monoisotopic (exact) mass is 412 g/mol. The van der Waals surface area contributed by atoms with Crippen LogP contribution in [0, 0.1) is 10.8 Å². The summed E-state index contributed by atoms with van der Waals surface area (Å²) in [6.45, 7) is 13.9. The lowest BCUT2D eigenvalue weighted by atomic mass is 9.79. The Morgan fingerprint density at radius 1 is 1.07 bits per heavy atom. The summed E-state index contributed by atoms with van der Waals surface area (Å²) in [5.74, 6) is -0.445. The molecule has 2 rings (SSSR count). The minimum absolute atomic E-state index is 0.190. The van der Waals surface area contributed by atoms with E-state index in [9.17, 15) is 14.4 Å². The zero-order valence-electron chi connectivity index (χ0n) is 19.1. The molecule has 0 radical (unpaired) electrons. The fourth-order valence-corrected chi connectivity index (χ4v) is 4.23. The molecule has 2 atom stereocenters. The summed E-state index contributed by atoms with van der Waals surface area (Å²) in [6, 6.07) is 0. The van der Waals surface area contributed by atoms with Gasteiger partial charge in [-0.05, 0) is 59.9 Å². The fraction of sp³-hybridized carbons (Fsp3) is 0.864. The van der Waals surface area contributed by atoms with Crippen LogP contribution in [0.5, 0.6) is 0 Å². The largest absolute Gasteiger partial charge is 0.481 e. The third-order valence-corrected chi connectivity index (χ3v) is 5.91. The van der Waals surface area contributed by atoms with Crippen LogP contribution in [0.25, 0.3) is 0 Å². The van der Waals surface area contributed by atoms with E-state index in [0.29, 0.717) is 19.6 Å². The summed E-state index contributed by atoms with van der Waals surface area (Å²) >= 11 is 0. The third kappa shape index (κ3) is 6.98. The second kappa shape index (κ2) is 10.4. The molecular weight excluding hydrogens is 372 g/mol. The van der Waals surface area contributed by atoms with Gasteiger partial charge in [0.2, 0.25) is 0 Å². The molecule has 2 aliphatic heterocycles. The van der Waals surface area contributed by atoms with Gasteiger partial charge in [0, 0.05) is 25.0 Å². The van der Waals surface area contributed by atoms with Crippen molar-refractivity contribution in [1.82, 2.24) is 10.2 Å². The number of nitrogens with zero attached hydrogens (tertiary/aromatic N) is 1. The topological polar surface area (TPSA) is 95.9 Å². The molecule has 7 nitrogen and oxygen atoms in total. The smallest absolute Gasteiger partial charge is 0.410 e. The molecule has 0 aromatic rings. The van der Waals surface area contributed by atoms with Gasteiger partial charge in [0.15, 0.2) is 0 Å². The number of hydrogen-bond donors (Lipinski definition) is 2. The minimum Gasteiger partial charge on any atom is -0.481 e.